The summed E-state index contributed by atoms with van der Waals surface area (Å²) in [6, 6.07) is 0. The van der Waals surface area contributed by atoms with Gasteiger partial charge >= 0.3 is 0 Å². The lowest BCUT2D eigenvalue weighted by molar-refractivity contribution is -0.390. The molecule has 24 unspecified atom stereocenters. The zero-order valence-corrected chi connectivity index (χ0v) is 28.1. The first-order chi connectivity index (χ1) is 25.0. The van der Waals surface area contributed by atoms with E-state index in [1.807, 2.05) is 0 Å². The number of hydrogen-bond donors (Lipinski definition) is 15. The number of ether oxygens (including phenoxy) is 9. The molecule has 24 atom stereocenters. The fraction of sp³-hybridized carbons (Fsp3) is 1.00. The lowest BCUT2D eigenvalue weighted by atomic mass is 9.97. The molecule has 5 fully saturated rings. The number of rotatable bonds is 11. The Bertz CT molecular complexity index is 1140. The second-order valence-corrected chi connectivity index (χ2v) is 13.5. The molecule has 0 radical (unpaired) electrons. The van der Waals surface area contributed by atoms with Gasteiger partial charge in [0.1, 0.15) is 110 Å². The minimum Gasteiger partial charge on any atom is -0.394 e. The summed E-state index contributed by atoms with van der Waals surface area (Å²) >= 11 is 0. The van der Waals surface area contributed by atoms with Crippen molar-refractivity contribution < 1.29 is 119 Å². The van der Waals surface area contributed by atoms with Crippen LogP contribution in [0.3, 0.4) is 0 Å². The van der Waals surface area contributed by atoms with Gasteiger partial charge in [-0.05, 0) is 6.92 Å². The molecule has 0 aromatic carbocycles. The van der Waals surface area contributed by atoms with Crippen molar-refractivity contribution in [3.8, 4) is 0 Å². The van der Waals surface area contributed by atoms with Gasteiger partial charge in [-0.1, -0.05) is 0 Å². The molecule has 0 bridgehead atoms. The zero-order valence-electron chi connectivity index (χ0n) is 28.1. The minimum absolute atomic E-state index is 0.546. The van der Waals surface area contributed by atoms with Crippen LogP contribution < -0.4 is 0 Å². The standard InChI is InChI=1S/C29H50O24/c1-6-11(33)15(37)20(42)26(47-6)52-24-17(39)13(35)8(2-30)49-29(24)53-23-12(34)7(32)4-45-28(23)46-5-10-14(36)16(38)21(43)27(50-10)51-22-9(3-31)48-25(44)19(41)18(22)40/h6-44H,2-5H2,1H3. The molecule has 5 heterocycles. The van der Waals surface area contributed by atoms with Gasteiger partial charge < -0.3 is 119 Å². The number of aliphatic hydroxyl groups excluding tert-OH is 15. The molecule has 5 aliphatic heterocycles. The highest BCUT2D eigenvalue weighted by atomic mass is 16.8. The Balaban J connectivity index is 1.30. The van der Waals surface area contributed by atoms with Gasteiger partial charge in [0.05, 0.1) is 32.5 Å². The van der Waals surface area contributed by atoms with Gasteiger partial charge in [0.25, 0.3) is 0 Å². The van der Waals surface area contributed by atoms with E-state index in [1.165, 1.54) is 6.92 Å². The van der Waals surface area contributed by atoms with E-state index in [4.69, 9.17) is 42.6 Å². The molecule has 53 heavy (non-hydrogen) atoms. The summed E-state index contributed by atoms with van der Waals surface area (Å²) < 4.78 is 49.9. The molecule has 0 aromatic rings. The van der Waals surface area contributed by atoms with Gasteiger partial charge in [0, 0.05) is 0 Å². The summed E-state index contributed by atoms with van der Waals surface area (Å²) in [5.74, 6) is 0. The van der Waals surface area contributed by atoms with Gasteiger partial charge in [-0.3, -0.25) is 0 Å². The van der Waals surface area contributed by atoms with Gasteiger partial charge in [-0.25, -0.2) is 0 Å². The average Bonchev–Trinajstić information content (AvgIpc) is 3.14. The third-order valence-electron chi connectivity index (χ3n) is 9.87. The molecule has 0 aromatic heterocycles. The lowest BCUT2D eigenvalue weighted by Crippen LogP contribution is -2.66. The first-order valence-corrected chi connectivity index (χ1v) is 16.9. The summed E-state index contributed by atoms with van der Waals surface area (Å²) in [6.45, 7) is -1.62. The molecule has 5 saturated heterocycles. The molecular weight excluding hydrogens is 732 g/mol. The maximum absolute atomic E-state index is 11.0. The van der Waals surface area contributed by atoms with Crippen LogP contribution in [0.5, 0.6) is 0 Å². The molecular formula is C29H50O24. The molecule has 0 aliphatic carbocycles. The van der Waals surface area contributed by atoms with Crippen molar-refractivity contribution >= 4 is 0 Å². The second kappa shape index (κ2) is 18.1. The topological polar surface area (TPSA) is 387 Å². The van der Waals surface area contributed by atoms with E-state index in [1.54, 1.807) is 0 Å². The Hall–Kier alpha value is -0.960. The van der Waals surface area contributed by atoms with Gasteiger partial charge in [-0.2, -0.15) is 0 Å². The summed E-state index contributed by atoms with van der Waals surface area (Å²) in [5.41, 5.74) is 0. The van der Waals surface area contributed by atoms with Crippen LogP contribution in [0.1, 0.15) is 6.92 Å². The second-order valence-electron chi connectivity index (χ2n) is 13.5. The predicted octanol–water partition coefficient (Wildman–Crippen LogP) is -10.3. The van der Waals surface area contributed by atoms with Crippen LogP contribution in [0, 0.1) is 0 Å². The molecule has 5 aliphatic rings. The highest BCUT2D eigenvalue weighted by Gasteiger charge is 2.54. The van der Waals surface area contributed by atoms with Crippen molar-refractivity contribution in [1.29, 1.82) is 0 Å². The quantitative estimate of drug-likeness (QED) is 0.0925. The predicted molar refractivity (Wildman–Crippen MR) is 159 cm³/mol. The van der Waals surface area contributed by atoms with Gasteiger partial charge in [-0.15, -0.1) is 0 Å². The minimum atomic E-state index is -1.98. The third kappa shape index (κ3) is 8.96. The molecule has 0 saturated carbocycles. The van der Waals surface area contributed by atoms with Crippen LogP contribution in [0.25, 0.3) is 0 Å². The SMILES string of the molecule is CC1OC(OC2C(OC3C(OCC4OC(OC5C(CO)OC(O)C(O)C5O)C(O)C(O)C4O)OCC(O)C3O)OC(CO)C(O)C2O)C(O)C(O)C1O. The Morgan fingerprint density at radius 1 is 0.453 bits per heavy atom. The Morgan fingerprint density at radius 3 is 1.60 bits per heavy atom. The van der Waals surface area contributed by atoms with Crippen LogP contribution in [-0.4, -0.2) is 250 Å². The Kier molecular flexibility index (Phi) is 14.7. The van der Waals surface area contributed by atoms with E-state index >= 15 is 0 Å². The summed E-state index contributed by atoms with van der Waals surface area (Å²) in [7, 11) is 0. The highest BCUT2D eigenvalue weighted by molar-refractivity contribution is 4.96. The molecule has 0 spiro atoms. The van der Waals surface area contributed by atoms with E-state index in [0.29, 0.717) is 0 Å². The highest BCUT2D eigenvalue weighted by Crippen LogP contribution is 2.34. The molecule has 24 nitrogen and oxygen atoms in total. The lowest BCUT2D eigenvalue weighted by Gasteiger charge is -2.48. The maximum Gasteiger partial charge on any atom is 0.187 e. The third-order valence-corrected chi connectivity index (χ3v) is 9.87. The normalized spacial score (nSPS) is 54.1. The van der Waals surface area contributed by atoms with Gasteiger partial charge in [0.2, 0.25) is 0 Å². The van der Waals surface area contributed by atoms with Crippen molar-refractivity contribution in [3.05, 3.63) is 0 Å². The monoisotopic (exact) mass is 782 g/mol. The van der Waals surface area contributed by atoms with Crippen molar-refractivity contribution in [2.75, 3.05) is 26.4 Å². The van der Waals surface area contributed by atoms with Crippen LogP contribution in [-0.2, 0) is 42.6 Å². The largest absolute Gasteiger partial charge is 0.394 e. The van der Waals surface area contributed by atoms with E-state index in [-0.39, 0.29) is 0 Å². The van der Waals surface area contributed by atoms with Crippen molar-refractivity contribution in [2.24, 2.45) is 0 Å². The average molecular weight is 783 g/mol. The van der Waals surface area contributed by atoms with E-state index in [2.05, 4.69) is 0 Å². The Labute approximate surface area is 300 Å². The van der Waals surface area contributed by atoms with Crippen LogP contribution in [0.2, 0.25) is 0 Å². The molecule has 0 amide bonds. The Morgan fingerprint density at radius 2 is 0.962 bits per heavy atom. The summed E-state index contributed by atoms with van der Waals surface area (Å²) in [5, 5.41) is 155. The van der Waals surface area contributed by atoms with Crippen LogP contribution in [0.4, 0.5) is 0 Å². The van der Waals surface area contributed by atoms with Gasteiger partial charge in [0.15, 0.2) is 31.5 Å². The molecule has 310 valence electrons. The number of aliphatic hydroxyl groups is 15. The zero-order chi connectivity index (χ0) is 39.0. The number of hydrogen-bond acceptors (Lipinski definition) is 24. The first kappa shape index (κ1) is 43.2. The van der Waals surface area contributed by atoms with E-state index < -0.39 is 174 Å². The smallest absolute Gasteiger partial charge is 0.187 e. The molecule has 24 heteroatoms. The first-order valence-electron chi connectivity index (χ1n) is 16.9. The maximum atomic E-state index is 11.0. The van der Waals surface area contributed by atoms with Crippen LogP contribution in [0.15, 0.2) is 0 Å². The molecule has 15 N–H and O–H groups in total. The summed E-state index contributed by atoms with van der Waals surface area (Å²) in [4.78, 5) is 0. The van der Waals surface area contributed by atoms with Crippen molar-refractivity contribution in [2.45, 2.75) is 154 Å². The fourth-order valence-corrected chi connectivity index (χ4v) is 6.55. The van der Waals surface area contributed by atoms with Crippen LogP contribution >= 0.6 is 0 Å². The van der Waals surface area contributed by atoms with Crippen molar-refractivity contribution in [3.63, 3.8) is 0 Å². The summed E-state index contributed by atoms with van der Waals surface area (Å²) in [6.07, 6.45) is -41.9. The fourth-order valence-electron chi connectivity index (χ4n) is 6.55. The van der Waals surface area contributed by atoms with E-state index in [0.717, 1.165) is 0 Å². The van der Waals surface area contributed by atoms with Crippen molar-refractivity contribution in [1.82, 2.24) is 0 Å². The van der Waals surface area contributed by atoms with E-state index in [9.17, 15) is 76.6 Å². The molecule has 5 rings (SSSR count).